The van der Waals surface area contributed by atoms with Crippen LogP contribution in [0.5, 0.6) is 5.75 Å². The van der Waals surface area contributed by atoms with Crippen LogP contribution < -0.4 is 15.8 Å². The molecule has 0 unspecified atom stereocenters. The van der Waals surface area contributed by atoms with Gasteiger partial charge in [-0.3, -0.25) is 4.90 Å². The number of rotatable bonds is 8. The molecule has 4 rings (SSSR count). The number of nitrogens with zero attached hydrogens (tertiary/aromatic N) is 3. The molecule has 0 bridgehead atoms. The molecule has 1 aliphatic heterocycles. The number of alkyl halides is 2. The first-order valence-electron chi connectivity index (χ1n) is 11.9. The van der Waals surface area contributed by atoms with E-state index in [2.05, 4.69) is 45.7 Å². The van der Waals surface area contributed by atoms with Gasteiger partial charge >= 0.3 is 6.61 Å². The molecular formula is C24H36F2N6O. The van der Waals surface area contributed by atoms with Crippen LogP contribution in [-0.4, -0.2) is 72.4 Å². The maximum atomic E-state index is 12.7. The highest BCUT2D eigenvalue weighted by Crippen LogP contribution is 2.61. The van der Waals surface area contributed by atoms with Gasteiger partial charge in [-0.1, -0.05) is 0 Å². The highest BCUT2D eigenvalue weighted by atomic mass is 19.3. The molecule has 2 saturated carbocycles. The number of nitrogens with one attached hydrogen (secondary N) is 2. The van der Waals surface area contributed by atoms with E-state index in [4.69, 9.17) is 11.1 Å². The fourth-order valence-electron chi connectivity index (χ4n) is 5.60. The quantitative estimate of drug-likeness (QED) is 0.514. The Morgan fingerprint density at radius 3 is 2.64 bits per heavy atom. The summed E-state index contributed by atoms with van der Waals surface area (Å²) in [7, 11) is 2.20. The van der Waals surface area contributed by atoms with E-state index in [1.54, 1.807) is 0 Å². The van der Waals surface area contributed by atoms with Crippen LogP contribution in [0.1, 0.15) is 38.7 Å². The zero-order valence-corrected chi connectivity index (χ0v) is 19.7. The van der Waals surface area contributed by atoms with Gasteiger partial charge < -0.3 is 26.1 Å². The van der Waals surface area contributed by atoms with Crippen LogP contribution in [-0.2, 0) is 0 Å². The predicted molar refractivity (Wildman–Crippen MR) is 126 cm³/mol. The number of ether oxygens (including phenoxy) is 1. The molecule has 182 valence electrons. The van der Waals surface area contributed by atoms with Gasteiger partial charge in [0.05, 0.1) is 5.71 Å². The van der Waals surface area contributed by atoms with E-state index >= 15 is 0 Å². The van der Waals surface area contributed by atoms with Crippen molar-refractivity contribution in [2.75, 3.05) is 39.0 Å². The molecule has 0 aromatic carbocycles. The second kappa shape index (κ2) is 9.93. The van der Waals surface area contributed by atoms with Gasteiger partial charge in [0.1, 0.15) is 0 Å². The van der Waals surface area contributed by atoms with Crippen LogP contribution in [0.4, 0.5) is 14.6 Å². The third-order valence-electron chi connectivity index (χ3n) is 7.21. The van der Waals surface area contributed by atoms with Gasteiger partial charge in [-0.2, -0.15) is 8.78 Å². The fraction of sp³-hybridized carbons (Fsp3) is 0.667. The molecule has 0 amide bonds. The Kier molecular flexibility index (Phi) is 7.19. The van der Waals surface area contributed by atoms with E-state index in [0.717, 1.165) is 18.8 Å². The van der Waals surface area contributed by atoms with E-state index in [-0.39, 0.29) is 23.3 Å². The summed E-state index contributed by atoms with van der Waals surface area (Å²) in [4.78, 5) is 9.03. The summed E-state index contributed by atoms with van der Waals surface area (Å²) in [5.41, 5.74) is 7.32. The van der Waals surface area contributed by atoms with Crippen molar-refractivity contribution >= 4 is 11.5 Å². The van der Waals surface area contributed by atoms with Crippen molar-refractivity contribution in [3.05, 3.63) is 29.6 Å². The maximum absolute atomic E-state index is 12.7. The molecular weight excluding hydrogens is 426 g/mol. The molecule has 0 spiro atoms. The zero-order chi connectivity index (χ0) is 23.7. The van der Waals surface area contributed by atoms with Gasteiger partial charge in [0.15, 0.2) is 11.6 Å². The Hall–Kier alpha value is -2.26. The number of allylic oxidation sites excluding steroid dienone is 2. The highest BCUT2D eigenvalue weighted by molar-refractivity contribution is 6.07. The SMILES string of the molecule is CC(C)N/C(=C\C(=N)c1cnc(N)c(OC(F)F)c1)[C@H]1[C@@H]2C[C@H](N3CCCN(C)CC3)C[C@@H]21. The lowest BCUT2D eigenvalue weighted by Crippen LogP contribution is -2.38. The summed E-state index contributed by atoms with van der Waals surface area (Å²) in [5, 5.41) is 12.1. The maximum Gasteiger partial charge on any atom is 0.387 e. The number of hydrogen-bond donors (Lipinski definition) is 3. The van der Waals surface area contributed by atoms with Crippen LogP contribution in [0.3, 0.4) is 0 Å². The molecule has 4 atom stereocenters. The lowest BCUT2D eigenvalue weighted by atomic mass is 10.0. The number of aromatic nitrogens is 1. The largest absolute Gasteiger partial charge is 0.431 e. The number of halogens is 2. The summed E-state index contributed by atoms with van der Waals surface area (Å²) in [5.74, 6) is 1.40. The second-order valence-corrected chi connectivity index (χ2v) is 9.97. The fourth-order valence-corrected chi connectivity index (χ4v) is 5.60. The van der Waals surface area contributed by atoms with Crippen molar-refractivity contribution in [3.63, 3.8) is 0 Å². The van der Waals surface area contributed by atoms with Gasteiger partial charge in [-0.05, 0) is 77.2 Å². The molecule has 1 saturated heterocycles. The topological polar surface area (TPSA) is 90.5 Å². The number of anilines is 1. The molecule has 3 fully saturated rings. The van der Waals surface area contributed by atoms with E-state index in [0.29, 0.717) is 29.4 Å². The summed E-state index contributed by atoms with van der Waals surface area (Å²) < 4.78 is 29.8. The minimum absolute atomic E-state index is 0.112. The van der Waals surface area contributed by atoms with Gasteiger partial charge in [-0.25, -0.2) is 4.98 Å². The number of likely N-dealkylation sites (N-methyl/N-ethyl adjacent to an activating group) is 1. The van der Waals surface area contributed by atoms with Gasteiger partial charge in [0.2, 0.25) is 0 Å². The lowest BCUT2D eigenvalue weighted by Gasteiger charge is -2.29. The molecule has 7 nitrogen and oxygen atoms in total. The molecule has 9 heteroatoms. The standard InChI is InChI=1S/C24H36F2N6O/c1-14(2)30-20(12-19(27)15-9-21(33-24(25)26)23(28)29-13-15)22-17-10-16(11-18(17)22)32-6-4-5-31(3)7-8-32/h9,12-14,16-18,22,24,27,30H,4-8,10-11H2,1-3H3,(H2,28,29)/b20-12-,27-19?/t16-,17+,18-,22-. The average Bonchev–Trinajstić information content (AvgIpc) is 3.33. The third kappa shape index (κ3) is 5.63. The Morgan fingerprint density at radius 2 is 1.97 bits per heavy atom. The first-order chi connectivity index (χ1) is 15.7. The Bertz CT molecular complexity index is 880. The third-order valence-corrected chi connectivity index (χ3v) is 7.21. The molecule has 3 aliphatic rings. The van der Waals surface area contributed by atoms with E-state index < -0.39 is 6.61 Å². The Morgan fingerprint density at radius 1 is 1.24 bits per heavy atom. The summed E-state index contributed by atoms with van der Waals surface area (Å²) >= 11 is 0. The van der Waals surface area contributed by atoms with E-state index in [1.807, 2.05) is 6.08 Å². The minimum atomic E-state index is -2.99. The average molecular weight is 463 g/mol. The number of nitrogens with two attached hydrogens (primary N) is 1. The number of hydrogen-bond acceptors (Lipinski definition) is 7. The number of nitrogen functional groups attached to an aromatic ring is 1. The summed E-state index contributed by atoms with van der Waals surface area (Å²) in [6, 6.07) is 2.27. The first kappa shape index (κ1) is 23.9. The lowest BCUT2D eigenvalue weighted by molar-refractivity contribution is -0.0495. The molecule has 2 aliphatic carbocycles. The van der Waals surface area contributed by atoms with Crippen LogP contribution in [0, 0.1) is 23.2 Å². The smallest absolute Gasteiger partial charge is 0.387 e. The number of pyridine rings is 1. The molecule has 4 N–H and O–H groups in total. The van der Waals surface area contributed by atoms with E-state index in [1.165, 1.54) is 44.6 Å². The van der Waals surface area contributed by atoms with Crippen LogP contribution in [0.15, 0.2) is 24.0 Å². The van der Waals surface area contributed by atoms with Gasteiger partial charge in [0, 0.05) is 48.5 Å². The van der Waals surface area contributed by atoms with Gasteiger partial charge in [0.25, 0.3) is 0 Å². The molecule has 33 heavy (non-hydrogen) atoms. The van der Waals surface area contributed by atoms with Gasteiger partial charge in [-0.15, -0.1) is 0 Å². The van der Waals surface area contributed by atoms with Crippen molar-refractivity contribution in [3.8, 4) is 5.75 Å². The Balaban J connectivity index is 1.44. The monoisotopic (exact) mass is 462 g/mol. The molecule has 2 heterocycles. The first-order valence-corrected chi connectivity index (χ1v) is 11.9. The summed E-state index contributed by atoms with van der Waals surface area (Å²) in [6.45, 7) is 5.84. The minimum Gasteiger partial charge on any atom is -0.431 e. The Labute approximate surface area is 194 Å². The van der Waals surface area contributed by atoms with Crippen LogP contribution in [0.25, 0.3) is 0 Å². The van der Waals surface area contributed by atoms with Crippen LogP contribution >= 0.6 is 0 Å². The van der Waals surface area contributed by atoms with Crippen molar-refractivity contribution in [1.29, 1.82) is 5.41 Å². The van der Waals surface area contributed by atoms with Crippen LogP contribution in [0.2, 0.25) is 0 Å². The zero-order valence-electron chi connectivity index (χ0n) is 19.7. The van der Waals surface area contributed by atoms with Crippen molar-refractivity contribution in [2.45, 2.75) is 51.8 Å². The van der Waals surface area contributed by atoms with E-state index in [9.17, 15) is 8.78 Å². The molecule has 0 radical (unpaired) electrons. The molecule has 1 aromatic rings. The summed E-state index contributed by atoms with van der Waals surface area (Å²) in [6.07, 6.45) is 6.91. The van der Waals surface area contributed by atoms with Crippen molar-refractivity contribution in [2.24, 2.45) is 17.8 Å². The molecule has 1 aromatic heterocycles. The van der Waals surface area contributed by atoms with Crippen molar-refractivity contribution < 1.29 is 13.5 Å². The highest BCUT2D eigenvalue weighted by Gasteiger charge is 2.58. The predicted octanol–water partition coefficient (Wildman–Crippen LogP) is 3.18. The second-order valence-electron chi connectivity index (χ2n) is 9.97. The number of fused-ring (bicyclic) bond motifs is 1. The normalized spacial score (nSPS) is 28.6. The van der Waals surface area contributed by atoms with Crippen molar-refractivity contribution in [1.82, 2.24) is 20.1 Å².